The maximum atomic E-state index is 12.4. The van der Waals surface area contributed by atoms with Gasteiger partial charge in [0.15, 0.2) is 0 Å². The van der Waals surface area contributed by atoms with Crippen LogP contribution < -0.4 is 4.90 Å². The zero-order chi connectivity index (χ0) is 18.1. The predicted molar refractivity (Wildman–Crippen MR) is 90.0 cm³/mol. The van der Waals surface area contributed by atoms with Crippen molar-refractivity contribution in [3.8, 4) is 0 Å². The van der Waals surface area contributed by atoms with Crippen molar-refractivity contribution >= 4 is 23.6 Å². The molecule has 3 heterocycles. The van der Waals surface area contributed by atoms with Gasteiger partial charge in [-0.2, -0.15) is 0 Å². The molecule has 8 heteroatoms. The van der Waals surface area contributed by atoms with Gasteiger partial charge < -0.3 is 9.74 Å². The second-order valence-electron chi connectivity index (χ2n) is 6.19. The molecule has 26 heavy (non-hydrogen) atoms. The summed E-state index contributed by atoms with van der Waals surface area (Å²) in [6.45, 7) is 1.25. The first kappa shape index (κ1) is 16.2. The molecule has 0 saturated carbocycles. The number of hydrogen-bond acceptors (Lipinski definition) is 7. The quantitative estimate of drug-likeness (QED) is 0.772. The highest BCUT2D eigenvalue weighted by Crippen LogP contribution is 2.26. The number of nitrogens with zero attached hydrogens (tertiary/aromatic N) is 4. The fourth-order valence-corrected chi connectivity index (χ4v) is 3.21. The molecule has 8 nitrogen and oxygen atoms in total. The third-order valence-electron chi connectivity index (χ3n) is 4.64. The van der Waals surface area contributed by atoms with E-state index in [2.05, 4.69) is 9.97 Å². The van der Waals surface area contributed by atoms with Crippen LogP contribution in [0.25, 0.3) is 0 Å². The number of benzene rings is 1. The van der Waals surface area contributed by atoms with E-state index in [0.717, 1.165) is 5.82 Å². The summed E-state index contributed by atoms with van der Waals surface area (Å²) in [7, 11) is 0. The Bertz CT molecular complexity index is 828. The minimum atomic E-state index is -0.601. The van der Waals surface area contributed by atoms with E-state index >= 15 is 0 Å². The van der Waals surface area contributed by atoms with Crippen LogP contribution >= 0.6 is 0 Å². The molecule has 0 N–H and O–H groups in total. The van der Waals surface area contributed by atoms with E-state index in [0.29, 0.717) is 31.0 Å². The topological polar surface area (TPSA) is 92.7 Å². The Morgan fingerprint density at radius 3 is 2.27 bits per heavy atom. The summed E-state index contributed by atoms with van der Waals surface area (Å²) in [5.74, 6) is -1.36. The number of carbonyl (C=O) groups excluding carboxylic acids is 3. The first-order valence-corrected chi connectivity index (χ1v) is 8.36. The summed E-state index contributed by atoms with van der Waals surface area (Å²) in [5.41, 5.74) is 0.505. The molecular weight excluding hydrogens is 336 g/mol. The number of anilines is 1. The molecule has 4 rings (SSSR count). The first-order chi connectivity index (χ1) is 12.6. The molecule has 0 unspecified atom stereocenters. The van der Waals surface area contributed by atoms with Gasteiger partial charge in [-0.05, 0) is 25.0 Å². The Morgan fingerprint density at radius 1 is 1.04 bits per heavy atom. The van der Waals surface area contributed by atoms with Gasteiger partial charge in [-0.3, -0.25) is 14.6 Å². The van der Waals surface area contributed by atoms with Crippen molar-refractivity contribution in [2.24, 2.45) is 5.92 Å². The van der Waals surface area contributed by atoms with Crippen LogP contribution in [0.15, 0.2) is 42.9 Å². The Hall–Kier alpha value is -3.29. The summed E-state index contributed by atoms with van der Waals surface area (Å²) in [6.07, 6.45) is 6.02. The summed E-state index contributed by atoms with van der Waals surface area (Å²) in [4.78, 5) is 52.4. The van der Waals surface area contributed by atoms with Gasteiger partial charge in [0.25, 0.3) is 11.8 Å². The second kappa shape index (κ2) is 6.55. The van der Waals surface area contributed by atoms with Crippen molar-refractivity contribution in [1.82, 2.24) is 15.0 Å². The smallest absolute Gasteiger partial charge is 0.336 e. The number of aromatic nitrogens is 2. The molecule has 0 aliphatic carbocycles. The monoisotopic (exact) mass is 352 g/mol. The number of imide groups is 1. The average Bonchev–Trinajstić information content (AvgIpc) is 2.94. The SMILES string of the molecule is O=C(ON1C(=O)c2ccccc2C1=O)C1CCN(c2cnccn2)CC1. The van der Waals surface area contributed by atoms with E-state index in [-0.39, 0.29) is 17.0 Å². The lowest BCUT2D eigenvalue weighted by Gasteiger charge is -2.31. The van der Waals surface area contributed by atoms with Crippen LogP contribution in [-0.4, -0.2) is 45.9 Å². The fourth-order valence-electron chi connectivity index (χ4n) is 3.21. The third kappa shape index (κ3) is 2.79. The van der Waals surface area contributed by atoms with Gasteiger partial charge >= 0.3 is 5.97 Å². The molecular formula is C18H16N4O4. The summed E-state index contributed by atoms with van der Waals surface area (Å²) in [5, 5.41) is 0.571. The molecule has 2 amide bonds. The van der Waals surface area contributed by atoms with Gasteiger partial charge in [-0.15, -0.1) is 0 Å². The van der Waals surface area contributed by atoms with Crippen LogP contribution in [0.5, 0.6) is 0 Å². The normalized spacial score (nSPS) is 17.4. The number of piperidine rings is 1. The van der Waals surface area contributed by atoms with E-state index in [1.807, 2.05) is 4.90 Å². The highest BCUT2D eigenvalue weighted by Gasteiger charge is 2.40. The molecule has 1 aromatic heterocycles. The molecule has 1 fully saturated rings. The Morgan fingerprint density at radius 2 is 1.69 bits per heavy atom. The summed E-state index contributed by atoms with van der Waals surface area (Å²) < 4.78 is 0. The zero-order valence-corrected chi connectivity index (χ0v) is 13.9. The van der Waals surface area contributed by atoms with E-state index in [4.69, 9.17) is 4.84 Å². The van der Waals surface area contributed by atoms with Crippen LogP contribution in [0.4, 0.5) is 5.82 Å². The maximum Gasteiger partial charge on any atom is 0.336 e. The molecule has 2 aromatic rings. The minimum absolute atomic E-state index is 0.253. The van der Waals surface area contributed by atoms with Crippen molar-refractivity contribution in [3.05, 3.63) is 54.0 Å². The van der Waals surface area contributed by atoms with E-state index in [1.54, 1.807) is 42.9 Å². The number of amides is 2. The molecule has 2 aliphatic rings. The number of carbonyl (C=O) groups is 3. The van der Waals surface area contributed by atoms with Gasteiger partial charge in [0.05, 0.1) is 23.2 Å². The van der Waals surface area contributed by atoms with Crippen molar-refractivity contribution in [2.75, 3.05) is 18.0 Å². The minimum Gasteiger partial charge on any atom is -0.355 e. The molecule has 0 spiro atoms. The molecule has 0 atom stereocenters. The highest BCUT2D eigenvalue weighted by atomic mass is 16.7. The lowest BCUT2D eigenvalue weighted by Crippen LogP contribution is -2.40. The third-order valence-corrected chi connectivity index (χ3v) is 4.64. The van der Waals surface area contributed by atoms with Gasteiger partial charge in [-0.25, -0.2) is 9.78 Å². The Kier molecular flexibility index (Phi) is 4.08. The average molecular weight is 352 g/mol. The zero-order valence-electron chi connectivity index (χ0n) is 13.9. The number of fused-ring (bicyclic) bond motifs is 1. The van der Waals surface area contributed by atoms with Crippen LogP contribution in [0.3, 0.4) is 0 Å². The van der Waals surface area contributed by atoms with Gasteiger partial charge in [0.2, 0.25) is 0 Å². The standard InChI is InChI=1S/C18H16N4O4/c23-16-13-3-1-2-4-14(13)17(24)22(16)26-18(25)12-5-9-21(10-6-12)15-11-19-7-8-20-15/h1-4,7-8,11-12H,5-6,9-10H2. The van der Waals surface area contributed by atoms with Crippen molar-refractivity contribution in [1.29, 1.82) is 0 Å². The van der Waals surface area contributed by atoms with Crippen LogP contribution in [-0.2, 0) is 9.63 Å². The summed E-state index contributed by atoms with van der Waals surface area (Å²) >= 11 is 0. The Balaban J connectivity index is 1.38. The second-order valence-corrected chi connectivity index (χ2v) is 6.19. The van der Waals surface area contributed by atoms with Crippen LogP contribution in [0.2, 0.25) is 0 Å². The number of hydroxylamine groups is 2. The van der Waals surface area contributed by atoms with Crippen LogP contribution in [0.1, 0.15) is 33.6 Å². The highest BCUT2D eigenvalue weighted by molar-refractivity contribution is 6.20. The number of rotatable bonds is 3. The largest absolute Gasteiger partial charge is 0.355 e. The van der Waals surface area contributed by atoms with Crippen LogP contribution in [0, 0.1) is 5.92 Å². The van der Waals surface area contributed by atoms with Crippen molar-refractivity contribution in [3.63, 3.8) is 0 Å². The first-order valence-electron chi connectivity index (χ1n) is 8.36. The molecule has 0 radical (unpaired) electrons. The molecule has 1 aromatic carbocycles. The maximum absolute atomic E-state index is 12.4. The van der Waals surface area contributed by atoms with E-state index in [1.165, 1.54) is 0 Å². The molecule has 0 bridgehead atoms. The van der Waals surface area contributed by atoms with E-state index < -0.39 is 17.8 Å². The van der Waals surface area contributed by atoms with Crippen molar-refractivity contribution < 1.29 is 19.2 Å². The lowest BCUT2D eigenvalue weighted by molar-refractivity contribution is -0.174. The van der Waals surface area contributed by atoms with E-state index in [9.17, 15) is 14.4 Å². The molecule has 1 saturated heterocycles. The lowest BCUT2D eigenvalue weighted by atomic mass is 9.97. The van der Waals surface area contributed by atoms with Gasteiger partial charge in [-0.1, -0.05) is 17.2 Å². The Labute approximate surface area is 149 Å². The van der Waals surface area contributed by atoms with Crippen molar-refractivity contribution in [2.45, 2.75) is 12.8 Å². The summed E-state index contributed by atoms with van der Waals surface area (Å²) in [6, 6.07) is 6.42. The van der Waals surface area contributed by atoms with Gasteiger partial charge in [0, 0.05) is 25.5 Å². The predicted octanol–water partition coefficient (Wildman–Crippen LogP) is 1.45. The number of hydrogen-bond donors (Lipinski definition) is 0. The molecule has 132 valence electrons. The van der Waals surface area contributed by atoms with Gasteiger partial charge in [0.1, 0.15) is 5.82 Å². The fraction of sp³-hybridized carbons (Fsp3) is 0.278. The molecule has 2 aliphatic heterocycles.